The van der Waals surface area contributed by atoms with Crippen molar-refractivity contribution in [1.82, 2.24) is 4.90 Å². The Morgan fingerprint density at radius 3 is 2.69 bits per heavy atom. The van der Waals surface area contributed by atoms with Gasteiger partial charge in [-0.2, -0.15) is 0 Å². The molecule has 32 heavy (non-hydrogen) atoms. The number of amides is 1. The first-order chi connectivity index (χ1) is 15.4. The minimum Gasteiger partial charge on any atom is -0.381 e. The largest absolute Gasteiger partial charge is 0.381 e. The Kier molecular flexibility index (Phi) is 5.13. The number of ether oxygens (including phenoxy) is 1. The Morgan fingerprint density at radius 2 is 2.03 bits per heavy atom. The van der Waals surface area contributed by atoms with Gasteiger partial charge in [-0.1, -0.05) is 17.9 Å². The van der Waals surface area contributed by atoms with E-state index in [0.29, 0.717) is 5.92 Å². The number of rotatable bonds is 4. The summed E-state index contributed by atoms with van der Waals surface area (Å²) in [5.74, 6) is 7.33. The highest BCUT2D eigenvalue weighted by Crippen LogP contribution is 2.62. The number of hydrogen-bond acceptors (Lipinski definition) is 5. The maximum Gasteiger partial charge on any atom is 0.262 e. The predicted molar refractivity (Wildman–Crippen MR) is 122 cm³/mol. The van der Waals surface area contributed by atoms with Crippen LogP contribution >= 0.6 is 0 Å². The molecule has 1 atom stereocenters. The van der Waals surface area contributed by atoms with E-state index in [0.717, 1.165) is 48.8 Å². The Hall–Kier alpha value is -2.65. The van der Waals surface area contributed by atoms with Gasteiger partial charge >= 0.3 is 0 Å². The van der Waals surface area contributed by atoms with Crippen LogP contribution in [0.5, 0.6) is 0 Å². The molecule has 2 fully saturated rings. The SMILES string of the molecule is COC1CCC2(CC1)Cc1ccc(C#CC3CC3)cc1C21N=C(N)N(CCC(C)=O)C1=O. The first-order valence-electron chi connectivity index (χ1n) is 11.7. The second-order valence-electron chi connectivity index (χ2n) is 9.90. The third-order valence-corrected chi connectivity index (χ3v) is 7.82. The predicted octanol–water partition coefficient (Wildman–Crippen LogP) is 2.91. The maximum absolute atomic E-state index is 14.1. The van der Waals surface area contributed by atoms with Crippen LogP contribution in [-0.2, 0) is 26.3 Å². The highest BCUT2D eigenvalue weighted by molar-refractivity contribution is 6.08. The third kappa shape index (κ3) is 3.26. The Balaban J connectivity index is 1.59. The summed E-state index contributed by atoms with van der Waals surface area (Å²) >= 11 is 0. The first-order valence-corrected chi connectivity index (χ1v) is 11.7. The standard InChI is InChI=1S/C26H31N3O3/c1-17(30)11-14-29-23(31)26(28-24(29)27)22-15-19(6-5-18-3-4-18)7-8-20(22)16-25(26)12-9-21(32-2)10-13-25/h7-8,15,18,21H,3-4,9-14,16H2,1-2H3,(H2,27,28). The van der Waals surface area contributed by atoms with Crippen LogP contribution in [0.1, 0.15) is 68.6 Å². The van der Waals surface area contributed by atoms with Crippen LogP contribution in [0.3, 0.4) is 0 Å². The monoisotopic (exact) mass is 433 g/mol. The van der Waals surface area contributed by atoms with Crippen LogP contribution in [0.15, 0.2) is 23.2 Å². The lowest BCUT2D eigenvalue weighted by molar-refractivity contribution is -0.138. The summed E-state index contributed by atoms with van der Waals surface area (Å²) in [5, 5.41) is 0. The minimum atomic E-state index is -1.03. The van der Waals surface area contributed by atoms with Crippen molar-refractivity contribution in [2.75, 3.05) is 13.7 Å². The number of guanidine groups is 1. The number of Topliss-reactive ketones (excluding diaryl/α,β-unsaturated/α-hetero) is 1. The topological polar surface area (TPSA) is 85.0 Å². The second-order valence-corrected chi connectivity index (χ2v) is 9.90. The molecule has 3 aliphatic carbocycles. The van der Waals surface area contributed by atoms with Gasteiger partial charge in [0.15, 0.2) is 11.5 Å². The van der Waals surface area contributed by atoms with Gasteiger partial charge in [0.05, 0.1) is 6.10 Å². The number of methoxy groups -OCH3 is 1. The zero-order chi connectivity index (χ0) is 22.5. The molecule has 0 aromatic heterocycles. The Labute approximate surface area is 189 Å². The molecule has 6 heteroatoms. The number of nitrogens with two attached hydrogens (primary N) is 1. The zero-order valence-electron chi connectivity index (χ0n) is 18.9. The van der Waals surface area contributed by atoms with Crippen LogP contribution in [0, 0.1) is 23.2 Å². The molecular weight excluding hydrogens is 402 g/mol. The van der Waals surface area contributed by atoms with Crippen molar-refractivity contribution in [2.24, 2.45) is 22.1 Å². The van der Waals surface area contributed by atoms with Gasteiger partial charge < -0.3 is 10.5 Å². The number of benzene rings is 1. The Morgan fingerprint density at radius 1 is 1.28 bits per heavy atom. The average molecular weight is 434 g/mol. The van der Waals surface area contributed by atoms with Crippen molar-refractivity contribution in [1.29, 1.82) is 0 Å². The molecule has 1 aliphatic heterocycles. The molecule has 168 valence electrons. The summed E-state index contributed by atoms with van der Waals surface area (Å²) in [7, 11) is 1.76. The molecule has 2 spiro atoms. The van der Waals surface area contributed by atoms with Crippen molar-refractivity contribution in [3.63, 3.8) is 0 Å². The highest BCUT2D eigenvalue weighted by atomic mass is 16.5. The van der Waals surface area contributed by atoms with E-state index in [1.165, 1.54) is 24.7 Å². The lowest BCUT2D eigenvalue weighted by Gasteiger charge is -2.45. The van der Waals surface area contributed by atoms with E-state index in [4.69, 9.17) is 15.5 Å². The number of carbonyl (C=O) groups excluding carboxylic acids is 2. The molecule has 2 N–H and O–H groups in total. The minimum absolute atomic E-state index is 0.0336. The smallest absolute Gasteiger partial charge is 0.262 e. The van der Waals surface area contributed by atoms with Crippen molar-refractivity contribution in [2.45, 2.75) is 69.9 Å². The molecule has 1 amide bonds. The zero-order valence-corrected chi connectivity index (χ0v) is 18.9. The van der Waals surface area contributed by atoms with Gasteiger partial charge in [0.1, 0.15) is 5.78 Å². The lowest BCUT2D eigenvalue weighted by Crippen LogP contribution is -2.52. The van der Waals surface area contributed by atoms with Crippen molar-refractivity contribution >= 4 is 17.6 Å². The van der Waals surface area contributed by atoms with E-state index >= 15 is 0 Å². The molecule has 5 rings (SSSR count). The van der Waals surface area contributed by atoms with E-state index in [1.54, 1.807) is 7.11 Å². The van der Waals surface area contributed by atoms with Crippen molar-refractivity contribution < 1.29 is 14.3 Å². The fraction of sp³-hybridized carbons (Fsp3) is 0.577. The van der Waals surface area contributed by atoms with Gasteiger partial charge in [0.2, 0.25) is 0 Å². The fourth-order valence-corrected chi connectivity index (χ4v) is 5.84. The van der Waals surface area contributed by atoms with E-state index in [2.05, 4.69) is 30.0 Å². The molecule has 0 radical (unpaired) electrons. The Bertz CT molecular complexity index is 1050. The normalized spacial score (nSPS) is 30.9. The average Bonchev–Trinajstić information content (AvgIpc) is 3.52. The van der Waals surface area contributed by atoms with Gasteiger partial charge in [0.25, 0.3) is 5.91 Å². The van der Waals surface area contributed by atoms with Crippen LogP contribution in [0.4, 0.5) is 0 Å². The lowest BCUT2D eigenvalue weighted by atomic mass is 9.61. The molecule has 1 unspecified atom stereocenters. The molecular formula is C26H31N3O3. The maximum atomic E-state index is 14.1. The molecule has 0 saturated heterocycles. The van der Waals surface area contributed by atoms with Crippen molar-refractivity contribution in [3.8, 4) is 11.8 Å². The second kappa shape index (κ2) is 7.74. The first kappa shape index (κ1) is 21.2. The highest BCUT2D eigenvalue weighted by Gasteiger charge is 2.66. The number of carbonyl (C=O) groups is 2. The van der Waals surface area contributed by atoms with Gasteiger partial charge in [-0.15, -0.1) is 0 Å². The van der Waals surface area contributed by atoms with Crippen LogP contribution in [-0.4, -0.2) is 42.3 Å². The molecule has 1 aromatic rings. The molecule has 4 aliphatic rings. The number of hydrogen-bond donors (Lipinski definition) is 1. The summed E-state index contributed by atoms with van der Waals surface area (Å²) in [6.45, 7) is 1.81. The summed E-state index contributed by atoms with van der Waals surface area (Å²) in [6, 6.07) is 6.27. The molecule has 6 nitrogen and oxygen atoms in total. The number of fused-ring (bicyclic) bond motifs is 3. The van der Waals surface area contributed by atoms with Crippen LogP contribution < -0.4 is 5.73 Å². The number of aliphatic imine (C=N–C) groups is 1. The number of nitrogens with zero attached hydrogens (tertiary/aromatic N) is 2. The third-order valence-electron chi connectivity index (χ3n) is 7.82. The summed E-state index contributed by atoms with van der Waals surface area (Å²) < 4.78 is 5.62. The van der Waals surface area contributed by atoms with E-state index in [1.807, 2.05) is 0 Å². The van der Waals surface area contributed by atoms with Crippen molar-refractivity contribution in [3.05, 3.63) is 34.9 Å². The summed E-state index contributed by atoms with van der Waals surface area (Å²) in [5.41, 5.74) is 8.05. The summed E-state index contributed by atoms with van der Waals surface area (Å²) in [4.78, 5) is 32.2. The van der Waals surface area contributed by atoms with Crippen LogP contribution in [0.2, 0.25) is 0 Å². The van der Waals surface area contributed by atoms with Gasteiger partial charge in [-0.25, -0.2) is 4.99 Å². The van der Waals surface area contributed by atoms with Gasteiger partial charge in [-0.3, -0.25) is 14.5 Å². The molecule has 0 bridgehead atoms. The fourth-order valence-electron chi connectivity index (χ4n) is 5.84. The molecule has 1 aromatic carbocycles. The van der Waals surface area contributed by atoms with Crippen LogP contribution in [0.25, 0.3) is 0 Å². The van der Waals surface area contributed by atoms with E-state index in [9.17, 15) is 9.59 Å². The number of ketones is 1. The quantitative estimate of drug-likeness (QED) is 0.740. The molecule has 1 heterocycles. The van der Waals surface area contributed by atoms with E-state index in [-0.39, 0.29) is 42.1 Å². The van der Waals surface area contributed by atoms with Gasteiger partial charge in [-0.05, 0) is 75.1 Å². The summed E-state index contributed by atoms with van der Waals surface area (Å²) in [6.07, 6.45) is 7.15. The molecule has 2 saturated carbocycles. The van der Waals surface area contributed by atoms with Gasteiger partial charge in [0, 0.05) is 37.0 Å². The van der Waals surface area contributed by atoms with E-state index < -0.39 is 5.54 Å².